The van der Waals surface area contributed by atoms with Gasteiger partial charge in [-0.1, -0.05) is 0 Å². The average molecular weight is 154 g/mol. The van der Waals surface area contributed by atoms with Gasteiger partial charge in [-0.15, -0.1) is 0 Å². The van der Waals surface area contributed by atoms with E-state index < -0.39 is 0 Å². The first-order valence-corrected chi connectivity index (χ1v) is 3.30. The second-order valence-electron chi connectivity index (χ2n) is 2.23. The van der Waals surface area contributed by atoms with Crippen molar-refractivity contribution in [2.45, 2.75) is 13.0 Å². The zero-order chi connectivity index (χ0) is 8.27. The fourth-order valence-electron chi connectivity index (χ4n) is 0.843. The fourth-order valence-corrected chi connectivity index (χ4v) is 0.843. The van der Waals surface area contributed by atoms with E-state index in [4.69, 9.17) is 4.74 Å². The van der Waals surface area contributed by atoms with E-state index in [1.54, 1.807) is 7.11 Å². The summed E-state index contributed by atoms with van der Waals surface area (Å²) in [6.45, 7) is 1.85. The van der Waals surface area contributed by atoms with Gasteiger partial charge in [0.2, 0.25) is 0 Å². The maximum absolute atomic E-state index is 10.4. The predicted octanol–water partition coefficient (Wildman–Crippen LogP) is 0.930. The van der Waals surface area contributed by atoms with Crippen molar-refractivity contribution < 1.29 is 9.53 Å². The van der Waals surface area contributed by atoms with Crippen LogP contribution in [0.15, 0.2) is 6.20 Å². The summed E-state index contributed by atoms with van der Waals surface area (Å²) in [6, 6.07) is 0. The summed E-state index contributed by atoms with van der Waals surface area (Å²) in [6.07, 6.45) is 2.13. The van der Waals surface area contributed by atoms with Gasteiger partial charge in [-0.3, -0.25) is 9.89 Å². The molecule has 1 aromatic heterocycles. The molecule has 11 heavy (non-hydrogen) atoms. The maximum Gasteiger partial charge on any atom is 0.153 e. The highest BCUT2D eigenvalue weighted by Crippen LogP contribution is 2.15. The number of nitrogens with one attached hydrogen (secondary N) is 1. The molecule has 0 spiro atoms. The second-order valence-corrected chi connectivity index (χ2v) is 2.23. The lowest BCUT2D eigenvalue weighted by Gasteiger charge is -2.06. The van der Waals surface area contributed by atoms with Crippen LogP contribution in [0.4, 0.5) is 0 Å². The van der Waals surface area contributed by atoms with Gasteiger partial charge in [0.05, 0.1) is 23.6 Å². The summed E-state index contributed by atoms with van der Waals surface area (Å²) in [4.78, 5) is 10.4. The van der Waals surface area contributed by atoms with Crippen LogP contribution < -0.4 is 0 Å². The van der Waals surface area contributed by atoms with E-state index in [0.717, 1.165) is 12.0 Å². The Kier molecular flexibility index (Phi) is 2.38. The molecule has 1 rings (SSSR count). The standard InChI is InChI=1S/C7H10N2O2/c1-5(11-2)7-6(4-10)3-8-9-7/h3-5H,1-2H3,(H,8,9). The normalized spacial score (nSPS) is 12.9. The number of ether oxygens (including phenoxy) is 1. The number of carbonyl (C=O) groups excluding carboxylic acids is 1. The molecular weight excluding hydrogens is 144 g/mol. The number of nitrogens with zero attached hydrogens (tertiary/aromatic N) is 1. The lowest BCUT2D eigenvalue weighted by molar-refractivity contribution is 0.107. The minimum Gasteiger partial charge on any atom is -0.375 e. The van der Waals surface area contributed by atoms with E-state index in [0.29, 0.717) is 5.56 Å². The molecular formula is C7H10N2O2. The van der Waals surface area contributed by atoms with Crippen molar-refractivity contribution in [3.8, 4) is 0 Å². The molecule has 0 aromatic carbocycles. The van der Waals surface area contributed by atoms with Gasteiger partial charge in [-0.2, -0.15) is 5.10 Å². The minimum absolute atomic E-state index is 0.113. The monoisotopic (exact) mass is 154 g/mol. The highest BCUT2D eigenvalue weighted by Gasteiger charge is 2.10. The molecule has 0 radical (unpaired) electrons. The Morgan fingerprint density at radius 3 is 3.09 bits per heavy atom. The quantitative estimate of drug-likeness (QED) is 0.659. The molecule has 4 nitrogen and oxygen atoms in total. The van der Waals surface area contributed by atoms with E-state index in [2.05, 4.69) is 10.2 Å². The SMILES string of the molecule is COC(C)c1[nH]ncc1C=O. The van der Waals surface area contributed by atoms with Crippen LogP contribution in [0.5, 0.6) is 0 Å². The van der Waals surface area contributed by atoms with Crippen molar-refractivity contribution in [3.05, 3.63) is 17.5 Å². The zero-order valence-electron chi connectivity index (χ0n) is 6.50. The molecule has 1 unspecified atom stereocenters. The van der Waals surface area contributed by atoms with Crippen LogP contribution >= 0.6 is 0 Å². The van der Waals surface area contributed by atoms with Gasteiger partial charge in [-0.25, -0.2) is 0 Å². The Balaban J connectivity index is 2.92. The Hall–Kier alpha value is -1.16. The zero-order valence-corrected chi connectivity index (χ0v) is 6.50. The van der Waals surface area contributed by atoms with Gasteiger partial charge in [0.1, 0.15) is 0 Å². The number of carbonyl (C=O) groups is 1. The Bertz CT molecular complexity index is 244. The van der Waals surface area contributed by atoms with Crippen LogP contribution in [0.3, 0.4) is 0 Å². The summed E-state index contributed by atoms with van der Waals surface area (Å²) in [5.74, 6) is 0. The molecule has 0 aliphatic carbocycles. The molecule has 1 aromatic rings. The largest absolute Gasteiger partial charge is 0.375 e. The highest BCUT2D eigenvalue weighted by molar-refractivity contribution is 5.76. The van der Waals surface area contributed by atoms with Crippen LogP contribution in [-0.4, -0.2) is 23.6 Å². The van der Waals surface area contributed by atoms with E-state index in [-0.39, 0.29) is 6.10 Å². The molecule has 0 amide bonds. The highest BCUT2D eigenvalue weighted by atomic mass is 16.5. The first-order chi connectivity index (χ1) is 5.29. The van der Waals surface area contributed by atoms with Gasteiger partial charge >= 0.3 is 0 Å². The topological polar surface area (TPSA) is 55.0 Å². The number of hydrogen-bond donors (Lipinski definition) is 1. The number of aldehydes is 1. The van der Waals surface area contributed by atoms with E-state index in [1.807, 2.05) is 6.92 Å². The van der Waals surface area contributed by atoms with Gasteiger partial charge in [0.15, 0.2) is 6.29 Å². The van der Waals surface area contributed by atoms with Gasteiger partial charge in [0.25, 0.3) is 0 Å². The van der Waals surface area contributed by atoms with E-state index >= 15 is 0 Å². The van der Waals surface area contributed by atoms with E-state index in [1.165, 1.54) is 6.20 Å². The Morgan fingerprint density at radius 1 is 1.82 bits per heavy atom. The fraction of sp³-hybridized carbons (Fsp3) is 0.429. The molecule has 1 heterocycles. The van der Waals surface area contributed by atoms with Crippen molar-refractivity contribution in [3.63, 3.8) is 0 Å². The van der Waals surface area contributed by atoms with Gasteiger partial charge in [0, 0.05) is 7.11 Å². The third kappa shape index (κ3) is 1.46. The maximum atomic E-state index is 10.4. The number of aromatic nitrogens is 2. The van der Waals surface area contributed by atoms with Crippen molar-refractivity contribution in [2.24, 2.45) is 0 Å². The lowest BCUT2D eigenvalue weighted by Crippen LogP contribution is -1.99. The van der Waals surface area contributed by atoms with Crippen LogP contribution in [0, 0.1) is 0 Å². The number of methoxy groups -OCH3 is 1. The number of aromatic amines is 1. The smallest absolute Gasteiger partial charge is 0.153 e. The Morgan fingerprint density at radius 2 is 2.55 bits per heavy atom. The first-order valence-electron chi connectivity index (χ1n) is 3.30. The van der Waals surface area contributed by atoms with Crippen molar-refractivity contribution in [2.75, 3.05) is 7.11 Å². The number of rotatable bonds is 3. The summed E-state index contributed by atoms with van der Waals surface area (Å²) in [5, 5.41) is 6.43. The molecule has 0 fully saturated rings. The van der Waals surface area contributed by atoms with Crippen LogP contribution in [0.25, 0.3) is 0 Å². The van der Waals surface area contributed by atoms with Gasteiger partial charge < -0.3 is 4.74 Å². The third-order valence-corrected chi connectivity index (χ3v) is 1.59. The number of hydrogen-bond acceptors (Lipinski definition) is 3. The van der Waals surface area contributed by atoms with Crippen molar-refractivity contribution in [1.29, 1.82) is 0 Å². The molecule has 0 aliphatic heterocycles. The summed E-state index contributed by atoms with van der Waals surface area (Å²) < 4.78 is 5.01. The molecule has 0 saturated carbocycles. The molecule has 1 N–H and O–H groups in total. The predicted molar refractivity (Wildman–Crippen MR) is 39.4 cm³/mol. The molecule has 0 saturated heterocycles. The lowest BCUT2D eigenvalue weighted by atomic mass is 10.2. The number of H-pyrrole nitrogens is 1. The van der Waals surface area contributed by atoms with Crippen molar-refractivity contribution in [1.82, 2.24) is 10.2 Å². The molecule has 0 bridgehead atoms. The van der Waals surface area contributed by atoms with Crippen LogP contribution in [0.2, 0.25) is 0 Å². The summed E-state index contributed by atoms with van der Waals surface area (Å²) in [5.41, 5.74) is 1.28. The van der Waals surface area contributed by atoms with Crippen LogP contribution in [-0.2, 0) is 4.74 Å². The summed E-state index contributed by atoms with van der Waals surface area (Å²) in [7, 11) is 1.58. The van der Waals surface area contributed by atoms with Crippen LogP contribution in [0.1, 0.15) is 29.1 Å². The first kappa shape index (κ1) is 7.94. The van der Waals surface area contributed by atoms with Gasteiger partial charge in [-0.05, 0) is 6.92 Å². The molecule has 1 atom stereocenters. The molecule has 60 valence electrons. The Labute approximate surface area is 64.6 Å². The summed E-state index contributed by atoms with van der Waals surface area (Å²) >= 11 is 0. The third-order valence-electron chi connectivity index (χ3n) is 1.59. The molecule has 0 aliphatic rings. The van der Waals surface area contributed by atoms with E-state index in [9.17, 15) is 4.79 Å². The molecule has 4 heteroatoms. The second kappa shape index (κ2) is 3.30. The average Bonchev–Trinajstić information content (AvgIpc) is 2.50. The minimum atomic E-state index is -0.113. The van der Waals surface area contributed by atoms with Crippen molar-refractivity contribution >= 4 is 6.29 Å².